The van der Waals surface area contributed by atoms with Gasteiger partial charge in [-0.1, -0.05) is 51.2 Å². The standard InChI is InChI=1S/C26H47NO6/c1-2-3-4-5-6-7-8-9-10-11-12-13-20-27(21-14-17-24(28)29,22-15-18-25(30)31)23-16-19-26(32)33/h3-4H,2,5-23H2,1H3,(H2-,28,29,30,31,32,33)/b4-3+. The van der Waals surface area contributed by atoms with Gasteiger partial charge in [0, 0.05) is 25.2 Å². The van der Waals surface area contributed by atoms with Crippen LogP contribution in [0.5, 0.6) is 0 Å². The Hall–Kier alpha value is -1.89. The Morgan fingerprint density at radius 3 is 1.52 bits per heavy atom. The van der Waals surface area contributed by atoms with Crippen molar-refractivity contribution in [1.29, 1.82) is 0 Å². The van der Waals surface area contributed by atoms with Crippen LogP contribution in [0.15, 0.2) is 12.2 Å². The number of quaternary nitrogens is 1. The van der Waals surface area contributed by atoms with E-state index in [4.69, 9.17) is 10.2 Å². The summed E-state index contributed by atoms with van der Waals surface area (Å²) in [5.41, 5.74) is 0. The first-order valence-corrected chi connectivity index (χ1v) is 12.9. The molecule has 0 aromatic heterocycles. The van der Waals surface area contributed by atoms with Crippen LogP contribution in [0.4, 0.5) is 0 Å². The van der Waals surface area contributed by atoms with Gasteiger partial charge in [-0.2, -0.15) is 0 Å². The lowest BCUT2D eigenvalue weighted by Crippen LogP contribution is -2.51. The smallest absolute Gasteiger partial charge is 0.303 e. The maximum atomic E-state index is 11.0. The average Bonchev–Trinajstić information content (AvgIpc) is 2.73. The summed E-state index contributed by atoms with van der Waals surface area (Å²) in [6.07, 6.45) is 17.9. The summed E-state index contributed by atoms with van der Waals surface area (Å²) >= 11 is 0. The molecule has 0 aromatic rings. The number of aliphatic carboxylic acids is 3. The molecule has 0 amide bonds. The fraction of sp³-hybridized carbons (Fsp3) is 0.808. The molecular weight excluding hydrogens is 422 g/mol. The summed E-state index contributed by atoms with van der Waals surface area (Å²) in [6, 6.07) is 0. The van der Waals surface area contributed by atoms with E-state index < -0.39 is 17.9 Å². The lowest BCUT2D eigenvalue weighted by Gasteiger charge is -2.39. The number of nitrogens with zero attached hydrogens (tertiary/aromatic N) is 1. The Kier molecular flexibility index (Phi) is 19.5. The van der Waals surface area contributed by atoms with E-state index in [1.807, 2.05) is 0 Å². The minimum atomic E-state index is -1.08. The Labute approximate surface area is 200 Å². The lowest BCUT2D eigenvalue weighted by atomic mass is 10.1. The van der Waals surface area contributed by atoms with Gasteiger partial charge in [0.2, 0.25) is 0 Å². The largest absolute Gasteiger partial charge is 0.550 e. The normalized spacial score (nSPS) is 11.8. The van der Waals surface area contributed by atoms with Crippen LogP contribution in [0.1, 0.15) is 110 Å². The highest BCUT2D eigenvalue weighted by atomic mass is 16.4. The van der Waals surface area contributed by atoms with Gasteiger partial charge >= 0.3 is 11.9 Å². The number of rotatable bonds is 24. The molecule has 0 rings (SSSR count). The SMILES string of the molecule is CC/C=C/CCCCCCCCCC[N+](CCCC(=O)[O-])(CCCC(=O)O)CCCC(=O)O. The second-order valence-electron chi connectivity index (χ2n) is 9.20. The van der Waals surface area contributed by atoms with Gasteiger partial charge in [0.15, 0.2) is 0 Å². The molecule has 0 radical (unpaired) electrons. The van der Waals surface area contributed by atoms with Crippen LogP contribution in [0.25, 0.3) is 0 Å². The molecule has 0 heterocycles. The highest BCUT2D eigenvalue weighted by Crippen LogP contribution is 2.18. The second kappa shape index (κ2) is 20.7. The first kappa shape index (κ1) is 31.1. The third kappa shape index (κ3) is 20.4. The van der Waals surface area contributed by atoms with Crippen molar-refractivity contribution in [2.75, 3.05) is 26.2 Å². The monoisotopic (exact) mass is 469 g/mol. The molecule has 7 nitrogen and oxygen atoms in total. The predicted octanol–water partition coefficient (Wildman–Crippen LogP) is 4.54. The second-order valence-corrected chi connectivity index (χ2v) is 9.20. The molecular formula is C26H47NO6. The highest BCUT2D eigenvalue weighted by molar-refractivity contribution is 5.66. The maximum Gasteiger partial charge on any atom is 0.303 e. The maximum absolute atomic E-state index is 11.0. The van der Waals surface area contributed by atoms with Crippen LogP contribution in [0.3, 0.4) is 0 Å². The molecule has 0 aliphatic carbocycles. The van der Waals surface area contributed by atoms with E-state index in [9.17, 15) is 19.5 Å². The summed E-state index contributed by atoms with van der Waals surface area (Å²) in [5, 5.41) is 28.9. The van der Waals surface area contributed by atoms with Crippen molar-refractivity contribution < 1.29 is 34.2 Å². The molecule has 192 valence electrons. The Bertz CT molecular complexity index is 511. The number of carbonyl (C=O) groups excluding carboxylic acids is 1. The fourth-order valence-corrected chi connectivity index (χ4v) is 4.42. The van der Waals surface area contributed by atoms with E-state index >= 15 is 0 Å². The van der Waals surface area contributed by atoms with Crippen LogP contribution in [0.2, 0.25) is 0 Å². The summed E-state index contributed by atoms with van der Waals surface area (Å²) in [6.45, 7) is 4.91. The van der Waals surface area contributed by atoms with Crippen molar-refractivity contribution in [1.82, 2.24) is 0 Å². The topological polar surface area (TPSA) is 115 Å². The van der Waals surface area contributed by atoms with Gasteiger partial charge in [-0.25, -0.2) is 0 Å². The minimum Gasteiger partial charge on any atom is -0.550 e. The molecule has 0 aliphatic heterocycles. The van der Waals surface area contributed by atoms with Gasteiger partial charge in [0.05, 0.1) is 39.0 Å². The summed E-state index contributed by atoms with van der Waals surface area (Å²) in [4.78, 5) is 32.9. The van der Waals surface area contributed by atoms with Crippen molar-refractivity contribution in [3.63, 3.8) is 0 Å². The van der Waals surface area contributed by atoms with Crippen molar-refractivity contribution in [2.45, 2.75) is 110 Å². The molecule has 0 aliphatic rings. The molecule has 0 aromatic carbocycles. The van der Waals surface area contributed by atoms with E-state index in [-0.39, 0.29) is 19.3 Å². The van der Waals surface area contributed by atoms with Crippen molar-refractivity contribution in [2.24, 2.45) is 0 Å². The fourth-order valence-electron chi connectivity index (χ4n) is 4.42. The van der Waals surface area contributed by atoms with Crippen LogP contribution >= 0.6 is 0 Å². The number of hydrogen-bond acceptors (Lipinski definition) is 4. The van der Waals surface area contributed by atoms with Crippen molar-refractivity contribution >= 4 is 17.9 Å². The van der Waals surface area contributed by atoms with Gasteiger partial charge in [0.1, 0.15) is 0 Å². The van der Waals surface area contributed by atoms with E-state index in [0.717, 1.165) is 25.8 Å². The molecule has 0 fully saturated rings. The lowest BCUT2D eigenvalue weighted by molar-refractivity contribution is -0.929. The zero-order valence-corrected chi connectivity index (χ0v) is 20.8. The summed E-state index contributed by atoms with van der Waals surface area (Å²) < 4.78 is 0.610. The summed E-state index contributed by atoms with van der Waals surface area (Å²) in [7, 11) is 0. The number of carboxylic acid groups (broad SMARTS) is 3. The molecule has 0 saturated heterocycles. The van der Waals surface area contributed by atoms with E-state index in [1.54, 1.807) is 0 Å². The van der Waals surface area contributed by atoms with Gasteiger partial charge in [-0.05, 0) is 38.5 Å². The number of unbranched alkanes of at least 4 members (excludes halogenated alkanes) is 8. The Balaban J connectivity index is 4.51. The van der Waals surface area contributed by atoms with E-state index in [0.29, 0.717) is 43.4 Å². The minimum absolute atomic E-state index is 0.0217. The molecule has 7 heteroatoms. The van der Waals surface area contributed by atoms with E-state index in [2.05, 4.69) is 19.1 Å². The zero-order valence-electron chi connectivity index (χ0n) is 20.8. The molecule has 2 N–H and O–H groups in total. The third-order valence-electron chi connectivity index (χ3n) is 6.22. The van der Waals surface area contributed by atoms with E-state index in [1.165, 1.54) is 44.9 Å². The number of carboxylic acids is 3. The molecule has 0 unspecified atom stereocenters. The predicted molar refractivity (Wildman–Crippen MR) is 129 cm³/mol. The van der Waals surface area contributed by atoms with Crippen LogP contribution in [-0.2, 0) is 14.4 Å². The molecule has 0 spiro atoms. The number of carbonyl (C=O) groups is 3. The highest BCUT2D eigenvalue weighted by Gasteiger charge is 2.26. The molecule has 33 heavy (non-hydrogen) atoms. The number of allylic oxidation sites excluding steroid dienone is 2. The van der Waals surface area contributed by atoms with Gasteiger partial charge < -0.3 is 24.6 Å². The quantitative estimate of drug-likeness (QED) is 0.122. The van der Waals surface area contributed by atoms with Gasteiger partial charge in [-0.15, -0.1) is 0 Å². The summed E-state index contributed by atoms with van der Waals surface area (Å²) in [5.74, 6) is -2.75. The third-order valence-corrected chi connectivity index (χ3v) is 6.22. The molecule has 0 saturated carbocycles. The average molecular weight is 470 g/mol. The zero-order chi connectivity index (χ0) is 24.8. The van der Waals surface area contributed by atoms with Gasteiger partial charge in [-0.3, -0.25) is 9.59 Å². The first-order chi connectivity index (χ1) is 15.8. The molecule has 0 bridgehead atoms. The van der Waals surface area contributed by atoms with Crippen LogP contribution in [0, 0.1) is 0 Å². The van der Waals surface area contributed by atoms with Gasteiger partial charge in [0.25, 0.3) is 0 Å². The number of hydrogen-bond donors (Lipinski definition) is 2. The van der Waals surface area contributed by atoms with Crippen LogP contribution < -0.4 is 5.11 Å². The van der Waals surface area contributed by atoms with Crippen molar-refractivity contribution in [3.8, 4) is 0 Å². The van der Waals surface area contributed by atoms with Crippen LogP contribution in [-0.4, -0.2) is 58.8 Å². The first-order valence-electron chi connectivity index (χ1n) is 12.9. The van der Waals surface area contributed by atoms with Crippen molar-refractivity contribution in [3.05, 3.63) is 12.2 Å². The Morgan fingerprint density at radius 1 is 0.636 bits per heavy atom. The molecule has 0 atom stereocenters. The Morgan fingerprint density at radius 2 is 1.06 bits per heavy atom.